The van der Waals surface area contributed by atoms with Crippen LogP contribution in [0.4, 0.5) is 13.2 Å². The maximum absolute atomic E-state index is 12.4. The van der Waals surface area contributed by atoms with Gasteiger partial charge in [0.2, 0.25) is 10.0 Å². The number of nitrogens with zero attached hydrogens (tertiary/aromatic N) is 1. The summed E-state index contributed by atoms with van der Waals surface area (Å²) in [6.07, 6.45) is -2.57. The highest BCUT2D eigenvalue weighted by Crippen LogP contribution is 2.27. The number of carbonyl (C=O) groups is 2. The van der Waals surface area contributed by atoms with E-state index >= 15 is 0 Å². The Morgan fingerprint density at radius 2 is 1.79 bits per heavy atom. The van der Waals surface area contributed by atoms with Gasteiger partial charge in [-0.25, -0.2) is 13.1 Å². The number of halogens is 3. The number of nitrogens with one attached hydrogen (secondary N) is 1. The zero-order valence-corrected chi connectivity index (χ0v) is 15.1. The van der Waals surface area contributed by atoms with Crippen LogP contribution in [0.3, 0.4) is 0 Å². The third-order valence-electron chi connectivity index (χ3n) is 2.92. The molecule has 1 aromatic carbocycles. The van der Waals surface area contributed by atoms with Crippen LogP contribution in [0.25, 0.3) is 0 Å². The molecule has 8 nitrogen and oxygen atoms in total. The molecule has 1 heterocycles. The van der Waals surface area contributed by atoms with Crippen LogP contribution in [0.2, 0.25) is 0 Å². The minimum atomic E-state index is -4.50. The summed E-state index contributed by atoms with van der Waals surface area (Å²) in [6, 6.07) is 7.71. The average Bonchev–Trinajstić information content (AvgIpc) is 2.59. The number of carboxylic acid groups (broad SMARTS) is 1. The molecule has 0 bridgehead atoms. The lowest BCUT2D eigenvalue weighted by atomic mass is 10.2. The molecule has 0 fully saturated rings. The van der Waals surface area contributed by atoms with Crippen LogP contribution in [0.15, 0.2) is 42.6 Å². The third-order valence-corrected chi connectivity index (χ3v) is 3.47. The molecule has 152 valence electrons. The highest BCUT2D eigenvalue weighted by Gasteiger charge is 2.31. The van der Waals surface area contributed by atoms with Crippen molar-refractivity contribution in [2.45, 2.75) is 12.8 Å². The third kappa shape index (κ3) is 8.03. The fourth-order valence-corrected chi connectivity index (χ4v) is 2.23. The Bertz CT molecular complexity index is 897. The van der Waals surface area contributed by atoms with Gasteiger partial charge >= 0.3 is 6.18 Å². The number of ether oxygens (including phenoxy) is 1. The monoisotopic (exact) mass is 420 g/mol. The first-order valence-electron chi connectivity index (χ1n) is 7.31. The molecule has 1 aromatic heterocycles. The summed E-state index contributed by atoms with van der Waals surface area (Å²) < 4.78 is 66.4. The Morgan fingerprint density at radius 1 is 1.21 bits per heavy atom. The van der Waals surface area contributed by atoms with Gasteiger partial charge in [-0.15, -0.1) is 0 Å². The number of sulfonamides is 1. The minimum absolute atomic E-state index is 0.0139. The summed E-state index contributed by atoms with van der Waals surface area (Å²) >= 11 is 0. The Balaban J connectivity index is 0.00000122. The first kappa shape index (κ1) is 22.9. The van der Waals surface area contributed by atoms with Crippen molar-refractivity contribution in [3.05, 3.63) is 59.4 Å². The van der Waals surface area contributed by atoms with E-state index in [1.54, 1.807) is 0 Å². The molecule has 0 saturated carbocycles. The van der Waals surface area contributed by atoms with Gasteiger partial charge in [0, 0.05) is 17.3 Å². The summed E-state index contributed by atoms with van der Waals surface area (Å²) in [7, 11) is -3.66. The maximum atomic E-state index is 12.4. The number of hydrogen-bond acceptors (Lipinski definition) is 6. The molecule has 0 aliphatic rings. The number of alkyl halides is 3. The van der Waals surface area contributed by atoms with Crippen molar-refractivity contribution in [1.82, 2.24) is 9.71 Å². The molecule has 0 aliphatic heterocycles. The quantitative estimate of drug-likeness (QED) is 0.710. The van der Waals surface area contributed by atoms with Gasteiger partial charge in [-0.1, -0.05) is 6.07 Å². The second kappa shape index (κ2) is 9.69. The molecule has 28 heavy (non-hydrogen) atoms. The van der Waals surface area contributed by atoms with Gasteiger partial charge in [-0.05, 0) is 30.3 Å². The second-order valence-electron chi connectivity index (χ2n) is 5.17. The van der Waals surface area contributed by atoms with E-state index in [2.05, 4.69) is 4.98 Å². The number of rotatable bonds is 5. The van der Waals surface area contributed by atoms with Gasteiger partial charge in [0.25, 0.3) is 12.4 Å². The zero-order valence-electron chi connectivity index (χ0n) is 14.3. The normalized spacial score (nSPS) is 11.0. The highest BCUT2D eigenvalue weighted by atomic mass is 32.2. The summed E-state index contributed by atoms with van der Waals surface area (Å²) in [6.45, 7) is -0.264. The Morgan fingerprint density at radius 3 is 2.21 bits per heavy atom. The molecule has 0 atom stereocenters. The summed E-state index contributed by atoms with van der Waals surface area (Å²) in [5.74, 6) is -0.420. The van der Waals surface area contributed by atoms with E-state index in [0.717, 1.165) is 18.5 Å². The summed E-state index contributed by atoms with van der Waals surface area (Å²) in [4.78, 5) is 23.3. The molecular formula is C16H15F3N2O6S. The van der Waals surface area contributed by atoms with Crippen LogP contribution < -0.4 is 9.46 Å². The molecule has 12 heteroatoms. The molecule has 0 unspecified atom stereocenters. The fourth-order valence-electron chi connectivity index (χ4n) is 1.77. The molecule has 0 spiro atoms. The van der Waals surface area contributed by atoms with Crippen LogP contribution >= 0.6 is 0 Å². The number of carbonyl (C=O) groups excluding carboxylic acids is 1. The van der Waals surface area contributed by atoms with Crippen molar-refractivity contribution in [1.29, 1.82) is 0 Å². The van der Waals surface area contributed by atoms with Crippen LogP contribution in [-0.4, -0.2) is 37.1 Å². The molecule has 0 aliphatic carbocycles. The fraction of sp³-hybridized carbons (Fsp3) is 0.188. The van der Waals surface area contributed by atoms with E-state index in [9.17, 15) is 26.4 Å². The van der Waals surface area contributed by atoms with Gasteiger partial charge in [0.15, 0.2) is 0 Å². The topological polar surface area (TPSA) is 123 Å². The van der Waals surface area contributed by atoms with Gasteiger partial charge in [-0.3, -0.25) is 14.6 Å². The van der Waals surface area contributed by atoms with E-state index in [1.807, 2.05) is 4.72 Å². The van der Waals surface area contributed by atoms with Crippen LogP contribution in [0.5, 0.6) is 5.75 Å². The van der Waals surface area contributed by atoms with Crippen molar-refractivity contribution < 1.29 is 41.0 Å². The molecule has 2 rings (SSSR count). The second-order valence-corrected chi connectivity index (χ2v) is 6.92. The van der Waals surface area contributed by atoms with Crippen molar-refractivity contribution in [3.63, 3.8) is 0 Å². The predicted octanol–water partition coefficient (Wildman–Crippen LogP) is 2.07. The molecule has 1 amide bonds. The first-order chi connectivity index (χ1) is 13.0. The van der Waals surface area contributed by atoms with E-state index in [-0.39, 0.29) is 18.6 Å². The minimum Gasteiger partial charge on any atom is -0.489 e. The van der Waals surface area contributed by atoms with Crippen LogP contribution in [-0.2, 0) is 27.6 Å². The lowest BCUT2D eigenvalue weighted by molar-refractivity contribution is -0.141. The number of aromatic nitrogens is 1. The van der Waals surface area contributed by atoms with Crippen molar-refractivity contribution in [2.75, 3.05) is 6.26 Å². The highest BCUT2D eigenvalue weighted by molar-refractivity contribution is 7.89. The number of pyridine rings is 1. The maximum Gasteiger partial charge on any atom is 0.433 e. The summed E-state index contributed by atoms with van der Waals surface area (Å²) in [5, 5.41) is 6.89. The zero-order chi connectivity index (χ0) is 21.4. The predicted molar refractivity (Wildman–Crippen MR) is 91.0 cm³/mol. The van der Waals surface area contributed by atoms with E-state index < -0.39 is 27.8 Å². The van der Waals surface area contributed by atoms with Crippen LogP contribution in [0, 0.1) is 0 Å². The van der Waals surface area contributed by atoms with E-state index in [1.165, 1.54) is 30.3 Å². The largest absolute Gasteiger partial charge is 0.489 e. The SMILES string of the molecule is CS(=O)(=O)NC(=O)c1ccc(OCc2ccc(C(F)(F)F)nc2)cc1.O=CO. The lowest BCUT2D eigenvalue weighted by Crippen LogP contribution is -2.29. The summed E-state index contributed by atoms with van der Waals surface area (Å²) in [5.41, 5.74) is -0.432. The Labute approximate surface area is 158 Å². The molecule has 2 N–H and O–H groups in total. The smallest absolute Gasteiger partial charge is 0.433 e. The first-order valence-corrected chi connectivity index (χ1v) is 9.20. The molecule has 2 aromatic rings. The molecular weight excluding hydrogens is 405 g/mol. The number of benzene rings is 1. The van der Waals surface area contributed by atoms with E-state index in [4.69, 9.17) is 14.6 Å². The number of hydrogen-bond donors (Lipinski definition) is 2. The van der Waals surface area contributed by atoms with Crippen molar-refractivity contribution in [3.8, 4) is 5.75 Å². The lowest BCUT2D eigenvalue weighted by Gasteiger charge is -2.09. The molecule has 0 radical (unpaired) electrons. The van der Waals surface area contributed by atoms with Gasteiger partial charge in [-0.2, -0.15) is 13.2 Å². The van der Waals surface area contributed by atoms with Gasteiger partial charge < -0.3 is 9.84 Å². The Kier molecular flexibility index (Phi) is 7.92. The standard InChI is InChI=1S/C15H13F3N2O4S.CH2O2/c1-25(22,23)20-14(21)11-3-5-12(6-4-11)24-9-10-2-7-13(19-8-10)15(16,17)18;2-1-3/h2-8H,9H2,1H3,(H,20,21);1H,(H,2,3). The Hall–Kier alpha value is -3.15. The molecule has 0 saturated heterocycles. The van der Waals surface area contributed by atoms with Crippen LogP contribution in [0.1, 0.15) is 21.6 Å². The van der Waals surface area contributed by atoms with Crippen molar-refractivity contribution >= 4 is 22.4 Å². The van der Waals surface area contributed by atoms with E-state index in [0.29, 0.717) is 11.3 Å². The van der Waals surface area contributed by atoms with Gasteiger partial charge in [0.1, 0.15) is 18.1 Å². The number of amides is 1. The van der Waals surface area contributed by atoms with Gasteiger partial charge in [0.05, 0.1) is 6.26 Å². The average molecular weight is 420 g/mol. The van der Waals surface area contributed by atoms with Crippen molar-refractivity contribution in [2.24, 2.45) is 0 Å².